The molecule has 2 N–H and O–H groups in total. The normalized spacial score (nSPS) is 10.4. The lowest BCUT2D eigenvalue weighted by molar-refractivity contribution is 0.0976. The number of carbonyl (C=O) groups is 1. The summed E-state index contributed by atoms with van der Waals surface area (Å²) in [7, 11) is 0. The quantitative estimate of drug-likeness (QED) is 0.610. The molecular weight excluding hydrogens is 428 g/mol. The van der Waals surface area contributed by atoms with Crippen molar-refractivity contribution in [3.8, 4) is 11.5 Å². The molecule has 0 aliphatic carbocycles. The van der Waals surface area contributed by atoms with Gasteiger partial charge in [-0.05, 0) is 84.8 Å². The highest BCUT2D eigenvalue weighted by Gasteiger charge is 2.10. The summed E-state index contributed by atoms with van der Waals surface area (Å²) >= 11 is 8.61. The van der Waals surface area contributed by atoms with Crippen molar-refractivity contribution in [3.05, 3.63) is 58.1 Å². The van der Waals surface area contributed by atoms with E-state index in [1.165, 1.54) is 0 Å². The predicted molar refractivity (Wildman–Crippen MR) is 114 cm³/mol. The molecule has 1 amide bonds. The third-order valence-corrected chi connectivity index (χ3v) is 4.34. The van der Waals surface area contributed by atoms with Crippen LogP contribution in [-0.4, -0.2) is 23.7 Å². The van der Waals surface area contributed by atoms with Crippen molar-refractivity contribution in [2.45, 2.75) is 33.4 Å². The number of hydrogen-bond acceptors (Lipinski definition) is 4. The number of carbonyl (C=O) groups excluding carboxylic acids is 1. The summed E-state index contributed by atoms with van der Waals surface area (Å²) < 4.78 is 11.8. The van der Waals surface area contributed by atoms with Gasteiger partial charge in [0.25, 0.3) is 5.91 Å². The lowest BCUT2D eigenvalue weighted by Gasteiger charge is -2.12. The molecule has 2 aromatic carbocycles. The molecular formula is C20H23BrN2O3S. The molecule has 0 aromatic heterocycles. The second-order valence-corrected chi connectivity index (χ2v) is 7.29. The number of hydrogen-bond donors (Lipinski definition) is 2. The van der Waals surface area contributed by atoms with Gasteiger partial charge in [-0.1, -0.05) is 12.1 Å². The van der Waals surface area contributed by atoms with Crippen molar-refractivity contribution in [2.24, 2.45) is 0 Å². The Morgan fingerprint density at radius 1 is 1.19 bits per heavy atom. The molecule has 0 saturated carbocycles. The number of amides is 1. The summed E-state index contributed by atoms with van der Waals surface area (Å²) in [5, 5.41) is 5.98. The van der Waals surface area contributed by atoms with Gasteiger partial charge in [0.05, 0.1) is 17.2 Å². The molecule has 0 aliphatic rings. The summed E-state index contributed by atoms with van der Waals surface area (Å²) in [5.74, 6) is 1.24. The van der Waals surface area contributed by atoms with E-state index in [9.17, 15) is 4.79 Å². The van der Waals surface area contributed by atoms with E-state index in [0.717, 1.165) is 15.8 Å². The van der Waals surface area contributed by atoms with Gasteiger partial charge in [-0.15, -0.1) is 0 Å². The number of halogens is 1. The van der Waals surface area contributed by atoms with Crippen LogP contribution in [-0.2, 0) is 6.54 Å². The summed E-state index contributed by atoms with van der Waals surface area (Å²) in [5.41, 5.74) is 1.52. The topological polar surface area (TPSA) is 59.6 Å². The first-order valence-electron chi connectivity index (χ1n) is 8.66. The first-order chi connectivity index (χ1) is 12.9. The zero-order valence-electron chi connectivity index (χ0n) is 15.5. The van der Waals surface area contributed by atoms with Crippen LogP contribution < -0.4 is 20.1 Å². The standard InChI is InChI=1S/C20H23BrN2O3S/c1-4-25-18-10-7-15(11-17(18)21)19(24)23-20(27)22-12-14-5-8-16(9-6-14)26-13(2)3/h5-11,13H,4,12H2,1-3H3,(H2,22,23,24,27). The minimum Gasteiger partial charge on any atom is -0.493 e. The lowest BCUT2D eigenvalue weighted by atomic mass is 10.2. The van der Waals surface area contributed by atoms with Gasteiger partial charge in [0.2, 0.25) is 0 Å². The molecule has 27 heavy (non-hydrogen) atoms. The van der Waals surface area contributed by atoms with Crippen molar-refractivity contribution < 1.29 is 14.3 Å². The van der Waals surface area contributed by atoms with Gasteiger partial charge in [-0.25, -0.2) is 0 Å². The Hall–Kier alpha value is -2.12. The number of ether oxygens (including phenoxy) is 2. The highest BCUT2D eigenvalue weighted by atomic mass is 79.9. The van der Waals surface area contributed by atoms with E-state index in [0.29, 0.717) is 24.5 Å². The molecule has 0 heterocycles. The first-order valence-corrected chi connectivity index (χ1v) is 9.86. The fourth-order valence-electron chi connectivity index (χ4n) is 2.27. The molecule has 0 aliphatic heterocycles. The maximum atomic E-state index is 12.3. The highest BCUT2D eigenvalue weighted by Crippen LogP contribution is 2.25. The van der Waals surface area contributed by atoms with E-state index in [2.05, 4.69) is 26.6 Å². The molecule has 2 rings (SSSR count). The fraction of sp³-hybridized carbons (Fsp3) is 0.300. The SMILES string of the molecule is CCOc1ccc(C(=O)NC(=S)NCc2ccc(OC(C)C)cc2)cc1Br. The average molecular weight is 451 g/mol. The molecule has 0 saturated heterocycles. The number of thiocarbonyl (C=S) groups is 1. The summed E-state index contributed by atoms with van der Waals surface area (Å²) in [4.78, 5) is 12.3. The summed E-state index contributed by atoms with van der Waals surface area (Å²) in [6.45, 7) is 6.94. The van der Waals surface area contributed by atoms with Gasteiger partial charge < -0.3 is 14.8 Å². The van der Waals surface area contributed by atoms with Crippen LogP contribution >= 0.6 is 28.1 Å². The number of rotatable bonds is 7. The molecule has 7 heteroatoms. The van der Waals surface area contributed by atoms with Gasteiger partial charge in [-0.2, -0.15) is 0 Å². The molecule has 0 fully saturated rings. The van der Waals surface area contributed by atoms with Crippen LogP contribution in [0.3, 0.4) is 0 Å². The Kier molecular flexibility index (Phi) is 8.06. The van der Waals surface area contributed by atoms with Crippen LogP contribution in [0.25, 0.3) is 0 Å². The van der Waals surface area contributed by atoms with Crippen molar-refractivity contribution in [1.82, 2.24) is 10.6 Å². The van der Waals surface area contributed by atoms with Crippen LogP contribution in [0.4, 0.5) is 0 Å². The minimum atomic E-state index is -0.281. The molecule has 0 radical (unpaired) electrons. The maximum Gasteiger partial charge on any atom is 0.257 e. The number of nitrogens with one attached hydrogen (secondary N) is 2. The van der Waals surface area contributed by atoms with Gasteiger partial charge in [0, 0.05) is 12.1 Å². The summed E-state index contributed by atoms with van der Waals surface area (Å²) in [6, 6.07) is 12.9. The van der Waals surface area contributed by atoms with Gasteiger partial charge in [0.15, 0.2) is 5.11 Å². The van der Waals surface area contributed by atoms with Crippen molar-refractivity contribution in [3.63, 3.8) is 0 Å². The summed E-state index contributed by atoms with van der Waals surface area (Å²) in [6.07, 6.45) is 0.138. The van der Waals surface area contributed by atoms with Crippen LogP contribution in [0, 0.1) is 0 Å². The zero-order valence-corrected chi connectivity index (χ0v) is 17.9. The molecule has 2 aromatic rings. The Morgan fingerprint density at radius 3 is 2.48 bits per heavy atom. The third-order valence-electron chi connectivity index (χ3n) is 3.47. The van der Waals surface area contributed by atoms with Crippen molar-refractivity contribution in [1.29, 1.82) is 0 Å². The molecule has 144 valence electrons. The lowest BCUT2D eigenvalue weighted by Crippen LogP contribution is -2.38. The third kappa shape index (κ3) is 6.84. The van der Waals surface area contributed by atoms with E-state index in [4.69, 9.17) is 21.7 Å². The fourth-order valence-corrected chi connectivity index (χ4v) is 2.93. The van der Waals surface area contributed by atoms with E-state index in [1.54, 1.807) is 18.2 Å². The second kappa shape index (κ2) is 10.3. The number of benzene rings is 2. The minimum absolute atomic E-state index is 0.138. The Balaban J connectivity index is 1.86. The first kappa shape index (κ1) is 21.2. The molecule has 0 bridgehead atoms. The van der Waals surface area contributed by atoms with E-state index in [-0.39, 0.29) is 17.1 Å². The Labute approximate surface area is 173 Å². The van der Waals surface area contributed by atoms with E-state index < -0.39 is 0 Å². The maximum absolute atomic E-state index is 12.3. The predicted octanol–water partition coefficient (Wildman–Crippen LogP) is 4.44. The largest absolute Gasteiger partial charge is 0.493 e. The monoisotopic (exact) mass is 450 g/mol. The average Bonchev–Trinajstić information content (AvgIpc) is 2.62. The second-order valence-electron chi connectivity index (χ2n) is 6.03. The van der Waals surface area contributed by atoms with Gasteiger partial charge in [-0.3, -0.25) is 10.1 Å². The zero-order chi connectivity index (χ0) is 19.8. The van der Waals surface area contributed by atoms with Crippen LogP contribution in [0.1, 0.15) is 36.7 Å². The van der Waals surface area contributed by atoms with Crippen molar-refractivity contribution in [2.75, 3.05) is 6.61 Å². The van der Waals surface area contributed by atoms with E-state index in [1.807, 2.05) is 45.0 Å². The molecule has 0 spiro atoms. The van der Waals surface area contributed by atoms with Crippen LogP contribution in [0.15, 0.2) is 46.9 Å². The smallest absolute Gasteiger partial charge is 0.257 e. The highest BCUT2D eigenvalue weighted by molar-refractivity contribution is 9.10. The van der Waals surface area contributed by atoms with Crippen LogP contribution in [0.5, 0.6) is 11.5 Å². The Morgan fingerprint density at radius 2 is 1.89 bits per heavy atom. The Bertz CT molecular complexity index is 794. The molecule has 5 nitrogen and oxygen atoms in total. The molecule has 0 atom stereocenters. The van der Waals surface area contributed by atoms with Gasteiger partial charge in [0.1, 0.15) is 11.5 Å². The van der Waals surface area contributed by atoms with Crippen LogP contribution in [0.2, 0.25) is 0 Å². The van der Waals surface area contributed by atoms with Crippen molar-refractivity contribution >= 4 is 39.2 Å². The molecule has 0 unspecified atom stereocenters. The van der Waals surface area contributed by atoms with Gasteiger partial charge >= 0.3 is 0 Å². The van der Waals surface area contributed by atoms with E-state index >= 15 is 0 Å².